The van der Waals surface area contributed by atoms with Gasteiger partial charge in [-0.3, -0.25) is 9.48 Å². The lowest BCUT2D eigenvalue weighted by Gasteiger charge is -2.31. The molecule has 0 bridgehead atoms. The van der Waals surface area contributed by atoms with Gasteiger partial charge in [0.25, 0.3) is 5.91 Å². The first kappa shape index (κ1) is 15.2. The molecule has 1 aliphatic rings. The van der Waals surface area contributed by atoms with Crippen LogP contribution in [-0.2, 0) is 17.8 Å². The van der Waals surface area contributed by atoms with Crippen LogP contribution in [0.1, 0.15) is 33.7 Å². The van der Waals surface area contributed by atoms with Crippen LogP contribution in [0.4, 0.5) is 0 Å². The molecular formula is C16H15N5O4. The molecule has 4 rings (SSSR count). The minimum atomic E-state index is -1.12. The molecule has 0 fully saturated rings. The van der Waals surface area contributed by atoms with Crippen molar-refractivity contribution in [3.8, 4) is 0 Å². The van der Waals surface area contributed by atoms with Crippen molar-refractivity contribution in [2.75, 3.05) is 6.54 Å². The van der Waals surface area contributed by atoms with E-state index < -0.39 is 17.9 Å². The lowest BCUT2D eigenvalue weighted by Crippen LogP contribution is -2.43. The third kappa shape index (κ3) is 2.69. The molecule has 1 unspecified atom stereocenters. The van der Waals surface area contributed by atoms with Crippen molar-refractivity contribution in [3.63, 3.8) is 0 Å². The number of carboxylic acid groups (broad SMARTS) is 1. The standard InChI is InChI=1S/C16H15N5O4/c22-15(12-3-2-10(25-12)8-20-6-1-5-19-20)21-7-4-11-13(18-9-17-11)14(21)16(23)24/h1-3,5-6,9,14H,4,7-8H2,(H,17,18)(H,23,24). The summed E-state index contributed by atoms with van der Waals surface area (Å²) >= 11 is 0. The van der Waals surface area contributed by atoms with E-state index in [9.17, 15) is 14.7 Å². The molecule has 0 aromatic carbocycles. The molecule has 9 nitrogen and oxygen atoms in total. The predicted octanol–water partition coefficient (Wildman–Crippen LogP) is 1.07. The summed E-state index contributed by atoms with van der Waals surface area (Å²) in [6, 6.07) is 3.92. The molecule has 1 atom stereocenters. The number of hydrogen-bond donors (Lipinski definition) is 2. The largest absolute Gasteiger partial charge is 0.479 e. The number of H-pyrrole nitrogens is 1. The summed E-state index contributed by atoms with van der Waals surface area (Å²) in [5.74, 6) is -0.915. The topological polar surface area (TPSA) is 117 Å². The van der Waals surface area contributed by atoms with E-state index in [1.165, 1.54) is 11.2 Å². The quantitative estimate of drug-likeness (QED) is 0.733. The van der Waals surface area contributed by atoms with E-state index in [2.05, 4.69) is 15.1 Å². The number of hydrogen-bond acceptors (Lipinski definition) is 5. The Labute approximate surface area is 141 Å². The molecule has 3 aromatic heterocycles. The Morgan fingerprint density at radius 2 is 2.28 bits per heavy atom. The minimum Gasteiger partial charge on any atom is -0.479 e. The van der Waals surface area contributed by atoms with Crippen molar-refractivity contribution in [2.24, 2.45) is 0 Å². The Kier molecular flexibility index (Phi) is 3.60. The summed E-state index contributed by atoms with van der Waals surface area (Å²) < 4.78 is 7.27. The molecule has 3 aromatic rings. The van der Waals surface area contributed by atoms with Gasteiger partial charge < -0.3 is 19.4 Å². The summed E-state index contributed by atoms with van der Waals surface area (Å²) in [6.45, 7) is 0.673. The van der Waals surface area contributed by atoms with Crippen molar-refractivity contribution in [3.05, 3.63) is 59.8 Å². The molecule has 128 valence electrons. The molecule has 9 heteroatoms. The maximum absolute atomic E-state index is 12.8. The highest BCUT2D eigenvalue weighted by atomic mass is 16.4. The fourth-order valence-electron chi connectivity index (χ4n) is 3.02. The van der Waals surface area contributed by atoms with Gasteiger partial charge in [-0.25, -0.2) is 9.78 Å². The van der Waals surface area contributed by atoms with Crippen molar-refractivity contribution in [1.29, 1.82) is 0 Å². The molecule has 2 N–H and O–H groups in total. The SMILES string of the molecule is O=C(O)C1c2nc[nH]c2CCN1C(=O)c1ccc(Cn2cccn2)o1. The number of imidazole rings is 1. The van der Waals surface area contributed by atoms with Gasteiger partial charge in [-0.2, -0.15) is 5.10 Å². The number of aliphatic carboxylic acids is 1. The zero-order valence-corrected chi connectivity index (χ0v) is 13.1. The fraction of sp³-hybridized carbons (Fsp3) is 0.250. The highest BCUT2D eigenvalue weighted by molar-refractivity contribution is 5.95. The number of carbonyl (C=O) groups excluding carboxylic acids is 1. The molecule has 0 saturated heterocycles. The number of carbonyl (C=O) groups is 2. The monoisotopic (exact) mass is 341 g/mol. The van der Waals surface area contributed by atoms with Crippen LogP contribution in [0.5, 0.6) is 0 Å². The molecule has 4 heterocycles. The number of aromatic amines is 1. The van der Waals surface area contributed by atoms with Gasteiger partial charge in [0.15, 0.2) is 11.8 Å². The van der Waals surface area contributed by atoms with Gasteiger partial charge in [-0.15, -0.1) is 0 Å². The Hall–Kier alpha value is -3.36. The van der Waals surface area contributed by atoms with Crippen LogP contribution in [0.25, 0.3) is 0 Å². The summed E-state index contributed by atoms with van der Waals surface area (Å²) in [6.07, 6.45) is 5.41. The number of rotatable bonds is 4. The zero-order chi connectivity index (χ0) is 17.4. The van der Waals surface area contributed by atoms with E-state index in [0.717, 1.165) is 5.69 Å². The van der Waals surface area contributed by atoms with Gasteiger partial charge in [0.05, 0.1) is 18.6 Å². The zero-order valence-electron chi connectivity index (χ0n) is 13.1. The maximum Gasteiger partial charge on any atom is 0.332 e. The highest BCUT2D eigenvalue weighted by Gasteiger charge is 2.39. The number of fused-ring (bicyclic) bond motifs is 1. The number of nitrogens with zero attached hydrogens (tertiary/aromatic N) is 4. The number of nitrogens with one attached hydrogen (secondary N) is 1. The van der Waals surface area contributed by atoms with Crippen LogP contribution >= 0.6 is 0 Å². The van der Waals surface area contributed by atoms with Crippen LogP contribution in [0.2, 0.25) is 0 Å². The van der Waals surface area contributed by atoms with Crippen molar-refractivity contribution < 1.29 is 19.1 Å². The first-order valence-electron chi connectivity index (χ1n) is 7.75. The third-order valence-electron chi connectivity index (χ3n) is 4.17. The molecule has 0 radical (unpaired) electrons. The van der Waals surface area contributed by atoms with Gasteiger partial charge in [-0.1, -0.05) is 0 Å². The highest BCUT2D eigenvalue weighted by Crippen LogP contribution is 2.29. The van der Waals surface area contributed by atoms with Gasteiger partial charge in [0.1, 0.15) is 5.76 Å². The maximum atomic E-state index is 12.8. The fourth-order valence-corrected chi connectivity index (χ4v) is 3.02. The Morgan fingerprint density at radius 1 is 1.40 bits per heavy atom. The first-order chi connectivity index (χ1) is 12.1. The smallest absolute Gasteiger partial charge is 0.332 e. The minimum absolute atomic E-state index is 0.104. The molecule has 1 amide bonds. The van der Waals surface area contributed by atoms with Gasteiger partial charge in [0, 0.05) is 31.1 Å². The normalized spacial score (nSPS) is 16.6. The Morgan fingerprint density at radius 3 is 3.04 bits per heavy atom. The van der Waals surface area contributed by atoms with Crippen LogP contribution in [0, 0.1) is 0 Å². The van der Waals surface area contributed by atoms with E-state index in [-0.39, 0.29) is 12.3 Å². The molecule has 1 aliphatic heterocycles. The van der Waals surface area contributed by atoms with Crippen LogP contribution in [0.3, 0.4) is 0 Å². The molecule has 25 heavy (non-hydrogen) atoms. The lowest BCUT2D eigenvalue weighted by molar-refractivity contribution is -0.143. The van der Waals surface area contributed by atoms with Crippen LogP contribution in [-0.4, -0.2) is 48.2 Å². The van der Waals surface area contributed by atoms with E-state index in [4.69, 9.17) is 4.42 Å². The average Bonchev–Trinajstić information content (AvgIpc) is 3.34. The second-order valence-electron chi connectivity index (χ2n) is 5.73. The van der Waals surface area contributed by atoms with Crippen molar-refractivity contribution in [2.45, 2.75) is 19.0 Å². The lowest BCUT2D eigenvalue weighted by atomic mass is 10.0. The van der Waals surface area contributed by atoms with Gasteiger partial charge in [0.2, 0.25) is 0 Å². The van der Waals surface area contributed by atoms with E-state index in [1.807, 2.05) is 0 Å². The Bertz CT molecular complexity index is 911. The number of amides is 1. The van der Waals surface area contributed by atoms with Crippen LogP contribution < -0.4 is 0 Å². The average molecular weight is 341 g/mol. The van der Waals surface area contributed by atoms with Crippen molar-refractivity contribution >= 4 is 11.9 Å². The number of carboxylic acids is 1. The molecule has 0 saturated carbocycles. The molecule has 0 aliphatic carbocycles. The summed E-state index contributed by atoms with van der Waals surface area (Å²) in [4.78, 5) is 32.7. The molecular weight excluding hydrogens is 326 g/mol. The summed E-state index contributed by atoms with van der Waals surface area (Å²) in [5.41, 5.74) is 1.12. The summed E-state index contributed by atoms with van der Waals surface area (Å²) in [7, 11) is 0. The van der Waals surface area contributed by atoms with Gasteiger partial charge >= 0.3 is 5.97 Å². The second-order valence-corrected chi connectivity index (χ2v) is 5.73. The number of furan rings is 1. The van der Waals surface area contributed by atoms with Crippen molar-refractivity contribution in [1.82, 2.24) is 24.6 Å². The summed E-state index contributed by atoms with van der Waals surface area (Å²) in [5, 5.41) is 13.6. The Balaban J connectivity index is 1.58. The van der Waals surface area contributed by atoms with E-state index in [1.54, 1.807) is 35.3 Å². The van der Waals surface area contributed by atoms with E-state index >= 15 is 0 Å². The second kappa shape index (κ2) is 5.93. The number of aromatic nitrogens is 4. The predicted molar refractivity (Wildman–Crippen MR) is 83.7 cm³/mol. The third-order valence-corrected chi connectivity index (χ3v) is 4.17. The van der Waals surface area contributed by atoms with Crippen LogP contribution in [0.15, 0.2) is 41.3 Å². The molecule has 0 spiro atoms. The van der Waals surface area contributed by atoms with E-state index in [0.29, 0.717) is 24.4 Å². The first-order valence-corrected chi connectivity index (χ1v) is 7.75. The van der Waals surface area contributed by atoms with Gasteiger partial charge in [-0.05, 0) is 18.2 Å².